The molecule has 0 aliphatic carbocycles. The Kier molecular flexibility index (Phi) is 5.80. The van der Waals surface area contributed by atoms with Gasteiger partial charge in [-0.1, -0.05) is 40.8 Å². The molecule has 0 spiro atoms. The molecule has 0 saturated carbocycles. The van der Waals surface area contributed by atoms with E-state index >= 15 is 0 Å². The molecule has 0 unspecified atom stereocenters. The van der Waals surface area contributed by atoms with Crippen LogP contribution in [-0.4, -0.2) is 65.7 Å². The molecule has 0 atom stereocenters. The molecule has 3 rings (SSSR count). The highest BCUT2D eigenvalue weighted by Gasteiger charge is 2.30. The molecule has 2 N–H and O–H groups in total. The van der Waals surface area contributed by atoms with Crippen molar-refractivity contribution in [2.24, 2.45) is 0 Å². The second kappa shape index (κ2) is 7.91. The molecule has 1 amide bonds. The minimum atomic E-state index is -3.52. The van der Waals surface area contributed by atoms with Gasteiger partial charge in [-0.3, -0.25) is 4.79 Å². The smallest absolute Gasteiger partial charge is 0.243 e. The number of sulfonamides is 1. The summed E-state index contributed by atoms with van der Waals surface area (Å²) in [5, 5.41) is 7.94. The average molecular weight is 414 g/mol. The molecule has 2 heterocycles. The molecule has 1 fully saturated rings. The van der Waals surface area contributed by atoms with E-state index in [9.17, 15) is 13.2 Å². The van der Waals surface area contributed by atoms with Crippen LogP contribution in [0, 0.1) is 6.92 Å². The number of anilines is 1. The Bertz CT molecular complexity index is 874. The zero-order chi connectivity index (χ0) is 18.7. The number of nitrogen functional groups attached to an aromatic ring is 1. The maximum absolute atomic E-state index is 12.7. The number of thioether (sulfide) groups is 1. The van der Waals surface area contributed by atoms with Gasteiger partial charge in [0.2, 0.25) is 21.1 Å². The van der Waals surface area contributed by atoms with Crippen molar-refractivity contribution in [2.45, 2.75) is 16.2 Å². The molecule has 1 aliphatic rings. The number of amides is 1. The van der Waals surface area contributed by atoms with Crippen molar-refractivity contribution < 1.29 is 13.2 Å². The maximum atomic E-state index is 12.7. The van der Waals surface area contributed by atoms with Gasteiger partial charge in [0.25, 0.3) is 0 Å². The van der Waals surface area contributed by atoms with Crippen LogP contribution in [0.25, 0.3) is 0 Å². The number of carbonyl (C=O) groups is 1. The largest absolute Gasteiger partial charge is 0.374 e. The molecule has 1 aromatic heterocycles. The third-order valence-corrected chi connectivity index (χ3v) is 7.77. The van der Waals surface area contributed by atoms with Crippen molar-refractivity contribution >= 4 is 44.2 Å². The van der Waals surface area contributed by atoms with Crippen LogP contribution in [0.4, 0.5) is 5.13 Å². The highest BCUT2D eigenvalue weighted by molar-refractivity contribution is 8.01. The Hall–Kier alpha value is -1.69. The Morgan fingerprint density at radius 3 is 2.42 bits per heavy atom. The number of nitrogens with zero attached hydrogens (tertiary/aromatic N) is 4. The zero-order valence-electron chi connectivity index (χ0n) is 14.2. The topological polar surface area (TPSA) is 109 Å². The van der Waals surface area contributed by atoms with Crippen LogP contribution in [0.15, 0.2) is 33.5 Å². The van der Waals surface area contributed by atoms with E-state index in [0.29, 0.717) is 35.7 Å². The first-order valence-electron chi connectivity index (χ1n) is 7.92. The molecule has 8 nitrogen and oxygen atoms in total. The monoisotopic (exact) mass is 413 g/mol. The van der Waals surface area contributed by atoms with Crippen molar-refractivity contribution in [1.82, 2.24) is 19.4 Å². The highest BCUT2D eigenvalue weighted by Crippen LogP contribution is 2.24. The van der Waals surface area contributed by atoms with Gasteiger partial charge in [0.05, 0.1) is 10.6 Å². The average Bonchev–Trinajstić information content (AvgIpc) is 3.05. The number of hydrogen-bond donors (Lipinski definition) is 1. The highest BCUT2D eigenvalue weighted by atomic mass is 32.2. The first-order valence-corrected chi connectivity index (χ1v) is 11.2. The van der Waals surface area contributed by atoms with E-state index in [4.69, 9.17) is 5.73 Å². The van der Waals surface area contributed by atoms with Crippen LogP contribution in [0.5, 0.6) is 0 Å². The summed E-state index contributed by atoms with van der Waals surface area (Å²) in [4.78, 5) is 14.3. The van der Waals surface area contributed by atoms with Crippen LogP contribution in [0.3, 0.4) is 0 Å². The van der Waals surface area contributed by atoms with E-state index in [-0.39, 0.29) is 16.6 Å². The van der Waals surface area contributed by atoms with Crippen LogP contribution in [0.2, 0.25) is 0 Å². The lowest BCUT2D eigenvalue weighted by Gasteiger charge is -2.34. The lowest BCUT2D eigenvalue weighted by molar-refractivity contribution is -0.129. The fourth-order valence-corrected chi connectivity index (χ4v) is 5.49. The van der Waals surface area contributed by atoms with Gasteiger partial charge < -0.3 is 10.6 Å². The number of carbonyl (C=O) groups excluding carboxylic acids is 1. The predicted molar refractivity (Wildman–Crippen MR) is 102 cm³/mol. The first-order chi connectivity index (χ1) is 12.4. The number of benzene rings is 1. The van der Waals surface area contributed by atoms with Gasteiger partial charge in [-0.15, -0.1) is 10.2 Å². The van der Waals surface area contributed by atoms with Gasteiger partial charge >= 0.3 is 0 Å². The van der Waals surface area contributed by atoms with Crippen molar-refractivity contribution in [1.29, 1.82) is 0 Å². The van der Waals surface area contributed by atoms with Crippen molar-refractivity contribution in [3.63, 3.8) is 0 Å². The van der Waals surface area contributed by atoms with E-state index in [2.05, 4.69) is 10.2 Å². The Morgan fingerprint density at radius 1 is 1.19 bits per heavy atom. The molecule has 1 aliphatic heterocycles. The molecule has 140 valence electrons. The molecule has 1 saturated heterocycles. The Balaban J connectivity index is 1.54. The van der Waals surface area contributed by atoms with Crippen molar-refractivity contribution in [3.05, 3.63) is 29.8 Å². The van der Waals surface area contributed by atoms with Gasteiger partial charge in [-0.25, -0.2) is 8.42 Å². The molecule has 0 bridgehead atoms. The van der Waals surface area contributed by atoms with Gasteiger partial charge in [-0.05, 0) is 19.1 Å². The maximum Gasteiger partial charge on any atom is 0.243 e. The van der Waals surface area contributed by atoms with Crippen molar-refractivity contribution in [3.8, 4) is 0 Å². The van der Waals surface area contributed by atoms with Gasteiger partial charge in [0, 0.05) is 26.2 Å². The Labute approximate surface area is 160 Å². The summed E-state index contributed by atoms with van der Waals surface area (Å²) >= 11 is 2.53. The second-order valence-electron chi connectivity index (χ2n) is 5.79. The minimum Gasteiger partial charge on any atom is -0.374 e. The SMILES string of the molecule is Cc1ccc(S(=O)(=O)N2CCN(C(=O)CSc3nnc(N)s3)CC2)cc1. The summed E-state index contributed by atoms with van der Waals surface area (Å²) in [5.74, 6) is 0.190. The van der Waals surface area contributed by atoms with E-state index in [0.717, 1.165) is 5.56 Å². The summed E-state index contributed by atoms with van der Waals surface area (Å²) < 4.78 is 27.4. The second-order valence-corrected chi connectivity index (χ2v) is 9.96. The fraction of sp³-hybridized carbons (Fsp3) is 0.400. The molecule has 26 heavy (non-hydrogen) atoms. The molecular formula is C15H19N5O3S3. The fourth-order valence-electron chi connectivity index (χ4n) is 2.53. The van der Waals surface area contributed by atoms with E-state index in [1.54, 1.807) is 29.2 Å². The van der Waals surface area contributed by atoms with Gasteiger partial charge in [0.1, 0.15) is 0 Å². The molecule has 11 heteroatoms. The van der Waals surface area contributed by atoms with Gasteiger partial charge in [0.15, 0.2) is 4.34 Å². The molecule has 2 aromatic rings. The van der Waals surface area contributed by atoms with Crippen LogP contribution in [-0.2, 0) is 14.8 Å². The molecule has 0 radical (unpaired) electrons. The molecule has 1 aromatic carbocycles. The van der Waals surface area contributed by atoms with Gasteiger partial charge in [-0.2, -0.15) is 4.31 Å². The third kappa shape index (κ3) is 4.34. The standard InChI is InChI=1S/C15H19N5O3S3/c1-11-2-4-12(5-3-11)26(22,23)20-8-6-19(7-9-20)13(21)10-24-15-18-17-14(16)25-15/h2-5H,6-10H2,1H3,(H2,16,17). The van der Waals surface area contributed by atoms with Crippen LogP contribution < -0.4 is 5.73 Å². The number of piperazine rings is 1. The summed E-state index contributed by atoms with van der Waals surface area (Å²) in [6, 6.07) is 6.80. The lowest BCUT2D eigenvalue weighted by atomic mass is 10.2. The minimum absolute atomic E-state index is 0.0452. The number of aromatic nitrogens is 2. The Morgan fingerprint density at radius 2 is 1.85 bits per heavy atom. The van der Waals surface area contributed by atoms with E-state index in [1.807, 2.05) is 6.92 Å². The van der Waals surface area contributed by atoms with Crippen molar-refractivity contribution in [2.75, 3.05) is 37.7 Å². The molecular weight excluding hydrogens is 394 g/mol. The quantitative estimate of drug-likeness (QED) is 0.730. The lowest BCUT2D eigenvalue weighted by Crippen LogP contribution is -2.50. The number of nitrogens with two attached hydrogens (primary N) is 1. The first kappa shape index (κ1) is 19.1. The van der Waals surface area contributed by atoms with Crippen LogP contribution >= 0.6 is 23.1 Å². The number of hydrogen-bond acceptors (Lipinski definition) is 8. The number of rotatable bonds is 5. The van der Waals surface area contributed by atoms with Crippen LogP contribution in [0.1, 0.15) is 5.56 Å². The third-order valence-electron chi connectivity index (χ3n) is 3.99. The summed E-state index contributed by atoms with van der Waals surface area (Å²) in [6.45, 7) is 3.25. The predicted octanol–water partition coefficient (Wildman–Crippen LogP) is 1.05. The zero-order valence-corrected chi connectivity index (χ0v) is 16.6. The number of aryl methyl sites for hydroxylation is 1. The summed E-state index contributed by atoms with van der Waals surface area (Å²) in [7, 11) is -3.52. The summed E-state index contributed by atoms with van der Waals surface area (Å²) in [5.41, 5.74) is 6.52. The van der Waals surface area contributed by atoms with E-state index in [1.165, 1.54) is 27.4 Å². The van der Waals surface area contributed by atoms with E-state index < -0.39 is 10.0 Å². The summed E-state index contributed by atoms with van der Waals surface area (Å²) in [6.07, 6.45) is 0. The normalized spacial score (nSPS) is 16.0.